The maximum atomic E-state index is 13.7. The number of nitrogen functional groups attached to an aromatic ring is 1. The first-order valence-corrected chi connectivity index (χ1v) is 12.1. The number of nitrogens with two attached hydrogens (primary N) is 2. The predicted octanol–water partition coefficient (Wildman–Crippen LogP) is 3.82. The van der Waals surface area contributed by atoms with Crippen molar-refractivity contribution < 1.29 is 14.7 Å². The number of aromatic nitrogens is 1. The number of aromatic carboxylic acids is 1. The molecule has 0 bridgehead atoms. The van der Waals surface area contributed by atoms with Crippen LogP contribution in [0.5, 0.6) is 0 Å². The molecule has 5 rings (SSSR count). The summed E-state index contributed by atoms with van der Waals surface area (Å²) in [6.45, 7) is 0.283. The molecule has 0 unspecified atom stereocenters. The van der Waals surface area contributed by atoms with E-state index in [9.17, 15) is 14.7 Å². The molecule has 1 aliphatic carbocycles. The molecule has 1 fully saturated rings. The summed E-state index contributed by atoms with van der Waals surface area (Å²) in [4.78, 5) is 26.2. The second kappa shape index (κ2) is 9.47. The molecule has 1 heterocycles. The van der Waals surface area contributed by atoms with Gasteiger partial charge in [0, 0.05) is 29.6 Å². The molecule has 8 heteroatoms. The number of benzene rings is 3. The number of nitrogens with zero attached hydrogens (tertiary/aromatic N) is 1. The number of amides is 1. The van der Waals surface area contributed by atoms with Crippen LogP contribution in [-0.4, -0.2) is 39.5 Å². The average Bonchev–Trinajstić information content (AvgIpc) is 3.19. The zero-order valence-corrected chi connectivity index (χ0v) is 19.8. The number of hydrogen-bond acceptors (Lipinski definition) is 4. The summed E-state index contributed by atoms with van der Waals surface area (Å²) in [6, 6.07) is 18.9. The highest BCUT2D eigenvalue weighted by atomic mass is 16.4. The molecule has 1 saturated carbocycles. The Morgan fingerprint density at radius 1 is 1.00 bits per heavy atom. The molecule has 0 saturated heterocycles. The van der Waals surface area contributed by atoms with Crippen molar-refractivity contribution in [2.45, 2.75) is 44.3 Å². The third-order valence-electron chi connectivity index (χ3n) is 7.12. The summed E-state index contributed by atoms with van der Waals surface area (Å²) < 4.78 is 1.75. The minimum absolute atomic E-state index is 0.0506. The molecule has 1 aliphatic rings. The quantitative estimate of drug-likeness (QED) is 0.209. The van der Waals surface area contributed by atoms with Crippen molar-refractivity contribution in [1.29, 1.82) is 5.41 Å². The van der Waals surface area contributed by atoms with Gasteiger partial charge in [0.2, 0.25) is 0 Å². The lowest BCUT2D eigenvalue weighted by atomic mass is 9.91. The van der Waals surface area contributed by atoms with Crippen LogP contribution in [0.4, 0.5) is 0 Å². The van der Waals surface area contributed by atoms with Crippen molar-refractivity contribution in [3.8, 4) is 0 Å². The van der Waals surface area contributed by atoms with Gasteiger partial charge in [-0.3, -0.25) is 10.2 Å². The second-order valence-electron chi connectivity index (χ2n) is 9.48. The average molecular weight is 484 g/mol. The maximum Gasteiger partial charge on any atom is 0.338 e. The molecular weight excluding hydrogens is 454 g/mol. The lowest BCUT2D eigenvalue weighted by Gasteiger charge is -2.27. The van der Waals surface area contributed by atoms with Crippen molar-refractivity contribution in [3.63, 3.8) is 0 Å². The summed E-state index contributed by atoms with van der Waals surface area (Å²) in [6.07, 6.45) is 3.15. The zero-order chi connectivity index (χ0) is 25.4. The van der Waals surface area contributed by atoms with Crippen LogP contribution in [0.2, 0.25) is 0 Å². The van der Waals surface area contributed by atoms with E-state index in [0.717, 1.165) is 42.0 Å². The Bertz CT molecular complexity index is 1490. The Kier molecular flexibility index (Phi) is 6.20. The van der Waals surface area contributed by atoms with Crippen LogP contribution < -0.4 is 16.8 Å². The van der Waals surface area contributed by atoms with E-state index in [-0.39, 0.29) is 35.7 Å². The number of fused-ring (bicyclic) bond motifs is 2. The van der Waals surface area contributed by atoms with Gasteiger partial charge in [-0.2, -0.15) is 0 Å². The summed E-state index contributed by atoms with van der Waals surface area (Å²) >= 11 is 0. The number of carboxylic acids is 1. The molecular formula is C28H29N5O3. The molecule has 1 aromatic heterocycles. The molecule has 8 nitrogen and oxygen atoms in total. The summed E-state index contributed by atoms with van der Waals surface area (Å²) in [5.74, 6) is -1.73. The maximum absolute atomic E-state index is 13.7. The van der Waals surface area contributed by atoms with Crippen LogP contribution in [0, 0.1) is 5.41 Å². The number of amidine groups is 1. The normalized spacial score (nSPS) is 17.8. The van der Waals surface area contributed by atoms with Crippen LogP contribution >= 0.6 is 0 Å². The largest absolute Gasteiger partial charge is 0.478 e. The Morgan fingerprint density at radius 2 is 1.72 bits per heavy atom. The molecule has 0 spiro atoms. The number of hydrogen-bond donors (Lipinski definition) is 5. The fourth-order valence-corrected chi connectivity index (χ4v) is 5.25. The molecule has 4 aromatic rings. The Labute approximate surface area is 208 Å². The Morgan fingerprint density at radius 3 is 2.44 bits per heavy atom. The van der Waals surface area contributed by atoms with Crippen molar-refractivity contribution in [2.24, 2.45) is 11.5 Å². The highest BCUT2D eigenvalue weighted by molar-refractivity contribution is 6.14. The van der Waals surface area contributed by atoms with Gasteiger partial charge in [0.1, 0.15) is 11.5 Å². The van der Waals surface area contributed by atoms with Gasteiger partial charge in [0.15, 0.2) is 0 Å². The highest BCUT2D eigenvalue weighted by Gasteiger charge is 2.30. The predicted molar refractivity (Wildman–Crippen MR) is 141 cm³/mol. The monoisotopic (exact) mass is 483 g/mol. The number of nitrogens with one attached hydrogen (secondary N) is 2. The van der Waals surface area contributed by atoms with Gasteiger partial charge in [0.25, 0.3) is 5.91 Å². The number of carbonyl (C=O) groups excluding carboxylic acids is 1. The van der Waals surface area contributed by atoms with E-state index in [1.165, 1.54) is 0 Å². The molecule has 7 N–H and O–H groups in total. The standard InChI is InChI=1S/C28H29N5O3/c29-19-9-11-20(12-10-19)32-27(34)25-24(28(35)36)22-13-8-17(26(30)31)14-23(22)33(25)15-18-6-3-5-16-4-1-2-7-21(16)18/h1-8,13-14,19-20H,9-12,15,29H2,(H3,30,31)(H,32,34)(H,35,36)/t19-,20-. The third kappa shape index (κ3) is 4.31. The fraction of sp³-hybridized carbons (Fsp3) is 0.250. The smallest absolute Gasteiger partial charge is 0.338 e. The zero-order valence-electron chi connectivity index (χ0n) is 19.8. The first-order valence-electron chi connectivity index (χ1n) is 12.1. The van der Waals surface area contributed by atoms with Crippen molar-refractivity contribution >= 4 is 39.4 Å². The molecule has 36 heavy (non-hydrogen) atoms. The molecule has 3 aromatic carbocycles. The lowest BCUT2D eigenvalue weighted by molar-refractivity contribution is 0.0691. The van der Waals surface area contributed by atoms with E-state index in [1.807, 2.05) is 42.5 Å². The van der Waals surface area contributed by atoms with E-state index >= 15 is 0 Å². The van der Waals surface area contributed by atoms with E-state index < -0.39 is 11.9 Å². The third-order valence-corrected chi connectivity index (χ3v) is 7.12. The van der Waals surface area contributed by atoms with E-state index in [4.69, 9.17) is 16.9 Å². The van der Waals surface area contributed by atoms with Crippen LogP contribution in [0.1, 0.15) is 57.7 Å². The summed E-state index contributed by atoms with van der Waals surface area (Å²) in [5, 5.41) is 23.7. The van der Waals surface area contributed by atoms with E-state index in [0.29, 0.717) is 16.5 Å². The number of carbonyl (C=O) groups is 2. The lowest BCUT2D eigenvalue weighted by Crippen LogP contribution is -2.41. The van der Waals surface area contributed by atoms with Gasteiger partial charge in [-0.25, -0.2) is 4.79 Å². The topological polar surface area (TPSA) is 147 Å². The molecule has 0 atom stereocenters. The van der Waals surface area contributed by atoms with Gasteiger partial charge >= 0.3 is 5.97 Å². The fourth-order valence-electron chi connectivity index (χ4n) is 5.25. The van der Waals surface area contributed by atoms with Crippen molar-refractivity contribution in [3.05, 3.63) is 83.0 Å². The first kappa shape index (κ1) is 23.6. The minimum atomic E-state index is -1.18. The number of carboxylic acid groups (broad SMARTS) is 1. The van der Waals surface area contributed by atoms with Crippen LogP contribution in [0.25, 0.3) is 21.7 Å². The van der Waals surface area contributed by atoms with Gasteiger partial charge in [-0.05, 0) is 48.1 Å². The SMILES string of the molecule is N=C(N)c1ccc2c(C(=O)O)c(C(=O)N[C@H]3CC[C@H](N)CC3)n(Cc3cccc4ccccc34)c2c1. The minimum Gasteiger partial charge on any atom is -0.478 e. The van der Waals surface area contributed by atoms with Crippen molar-refractivity contribution in [2.75, 3.05) is 0 Å². The van der Waals surface area contributed by atoms with Crippen LogP contribution in [0.15, 0.2) is 60.7 Å². The number of rotatable bonds is 6. The molecule has 184 valence electrons. The van der Waals surface area contributed by atoms with E-state index in [1.54, 1.807) is 22.8 Å². The van der Waals surface area contributed by atoms with Crippen molar-refractivity contribution in [1.82, 2.24) is 9.88 Å². The molecule has 0 aliphatic heterocycles. The van der Waals surface area contributed by atoms with Gasteiger partial charge < -0.3 is 26.5 Å². The van der Waals surface area contributed by atoms with Crippen LogP contribution in [0.3, 0.4) is 0 Å². The summed E-state index contributed by atoms with van der Waals surface area (Å²) in [5.41, 5.74) is 13.8. The van der Waals surface area contributed by atoms with Gasteiger partial charge in [-0.1, -0.05) is 54.6 Å². The van der Waals surface area contributed by atoms with Gasteiger partial charge in [-0.15, -0.1) is 0 Å². The Hall–Kier alpha value is -4.17. The molecule has 0 radical (unpaired) electrons. The Balaban J connectivity index is 1.69. The second-order valence-corrected chi connectivity index (χ2v) is 9.48. The highest BCUT2D eigenvalue weighted by Crippen LogP contribution is 2.31. The van der Waals surface area contributed by atoms with Crippen LogP contribution in [-0.2, 0) is 6.54 Å². The van der Waals surface area contributed by atoms with Gasteiger partial charge in [0.05, 0.1) is 11.1 Å². The summed E-state index contributed by atoms with van der Waals surface area (Å²) in [7, 11) is 0. The first-order chi connectivity index (χ1) is 17.3. The van der Waals surface area contributed by atoms with E-state index in [2.05, 4.69) is 5.32 Å². The molecule has 1 amide bonds.